The standard InChI is InChI=1S/C16H28N8O2S/c1-10(25)19-20-12-7-5-11(6-8-12)17-15(26)18-13-3-2-4-14(9-13)24-16(27)21-22-23-24/h11-14,20H,2-9H2,1H3,(H,19,25)(H2,17,18,26)(H,21,23,27). The third kappa shape index (κ3) is 5.73. The van der Waals surface area contributed by atoms with Gasteiger partial charge in [0.2, 0.25) is 10.7 Å². The van der Waals surface area contributed by atoms with Gasteiger partial charge in [-0.25, -0.2) is 14.9 Å². The Morgan fingerprint density at radius 1 is 1.07 bits per heavy atom. The van der Waals surface area contributed by atoms with Crippen molar-refractivity contribution in [3.63, 3.8) is 0 Å². The SMILES string of the molecule is CC(=O)NNC1CCC(NC(=O)NC2CCCC(n3[nH]nnc3=S)C2)CC1. The van der Waals surface area contributed by atoms with E-state index in [1.165, 1.54) is 6.92 Å². The number of aromatic amines is 1. The first-order valence-corrected chi connectivity index (χ1v) is 10.0. The van der Waals surface area contributed by atoms with Crippen molar-refractivity contribution in [3.8, 4) is 0 Å². The Morgan fingerprint density at radius 2 is 1.78 bits per heavy atom. The maximum Gasteiger partial charge on any atom is 0.315 e. The summed E-state index contributed by atoms with van der Waals surface area (Å²) in [4.78, 5) is 23.3. The van der Waals surface area contributed by atoms with Gasteiger partial charge >= 0.3 is 6.03 Å². The average molecular weight is 397 g/mol. The van der Waals surface area contributed by atoms with Crippen molar-refractivity contribution < 1.29 is 9.59 Å². The number of nitrogens with one attached hydrogen (secondary N) is 5. The molecule has 0 bridgehead atoms. The largest absolute Gasteiger partial charge is 0.335 e. The van der Waals surface area contributed by atoms with Crippen molar-refractivity contribution in [2.24, 2.45) is 0 Å². The van der Waals surface area contributed by atoms with Gasteiger partial charge in [-0.05, 0) is 63.6 Å². The fourth-order valence-electron chi connectivity index (χ4n) is 3.97. The minimum absolute atomic E-state index is 0.0901. The maximum absolute atomic E-state index is 12.4. The highest BCUT2D eigenvalue weighted by atomic mass is 32.1. The first kappa shape index (κ1) is 19.7. The number of hydrogen-bond donors (Lipinski definition) is 5. The van der Waals surface area contributed by atoms with Gasteiger partial charge in [0.1, 0.15) is 0 Å². The molecule has 2 fully saturated rings. The fourth-order valence-corrected chi connectivity index (χ4v) is 4.20. The van der Waals surface area contributed by atoms with Gasteiger partial charge in [0, 0.05) is 25.0 Å². The van der Waals surface area contributed by atoms with Crippen molar-refractivity contribution in [2.75, 3.05) is 0 Å². The molecule has 3 amide bonds. The maximum atomic E-state index is 12.4. The van der Waals surface area contributed by atoms with E-state index in [1.807, 2.05) is 4.68 Å². The predicted octanol–water partition coefficient (Wildman–Crippen LogP) is 1.07. The highest BCUT2D eigenvalue weighted by Crippen LogP contribution is 2.28. The van der Waals surface area contributed by atoms with E-state index in [1.54, 1.807) is 0 Å². The monoisotopic (exact) mass is 396 g/mol. The van der Waals surface area contributed by atoms with Gasteiger partial charge in [0.25, 0.3) is 0 Å². The Bertz CT molecular complexity index is 697. The van der Waals surface area contributed by atoms with Gasteiger partial charge in [-0.2, -0.15) is 5.21 Å². The van der Waals surface area contributed by atoms with Gasteiger partial charge in [0.05, 0.1) is 6.04 Å². The van der Waals surface area contributed by atoms with E-state index >= 15 is 0 Å². The van der Waals surface area contributed by atoms with Gasteiger partial charge in [0.15, 0.2) is 0 Å². The van der Waals surface area contributed by atoms with Crippen LogP contribution in [0.4, 0.5) is 4.79 Å². The van der Waals surface area contributed by atoms with Gasteiger partial charge in [-0.1, -0.05) is 10.3 Å². The molecule has 150 valence electrons. The summed E-state index contributed by atoms with van der Waals surface area (Å²) < 4.78 is 2.26. The van der Waals surface area contributed by atoms with Crippen LogP contribution in [0.15, 0.2) is 0 Å². The Morgan fingerprint density at radius 3 is 2.44 bits per heavy atom. The second-order valence-corrected chi connectivity index (χ2v) is 7.83. The molecule has 0 aliphatic heterocycles. The minimum Gasteiger partial charge on any atom is -0.335 e. The smallest absolute Gasteiger partial charge is 0.315 e. The van der Waals surface area contributed by atoms with Crippen molar-refractivity contribution in [3.05, 3.63) is 4.77 Å². The van der Waals surface area contributed by atoms with Crippen LogP contribution in [0.2, 0.25) is 0 Å². The van der Waals surface area contributed by atoms with E-state index in [-0.39, 0.29) is 36.1 Å². The van der Waals surface area contributed by atoms with Crippen LogP contribution < -0.4 is 21.5 Å². The summed E-state index contributed by atoms with van der Waals surface area (Å²) in [6.45, 7) is 1.48. The predicted molar refractivity (Wildman–Crippen MR) is 101 cm³/mol. The van der Waals surface area contributed by atoms with Crippen molar-refractivity contribution in [2.45, 2.75) is 82.5 Å². The van der Waals surface area contributed by atoms with E-state index < -0.39 is 0 Å². The molecule has 2 unspecified atom stereocenters. The topological polar surface area (TPSA) is 129 Å². The lowest BCUT2D eigenvalue weighted by atomic mass is 9.91. The molecule has 1 aromatic rings. The molecule has 5 N–H and O–H groups in total. The molecular formula is C16H28N8O2S. The molecule has 3 rings (SSSR count). The number of amides is 3. The highest BCUT2D eigenvalue weighted by Gasteiger charge is 2.27. The summed E-state index contributed by atoms with van der Waals surface area (Å²) in [5.74, 6) is -0.0901. The molecule has 27 heavy (non-hydrogen) atoms. The summed E-state index contributed by atoms with van der Waals surface area (Å²) in [7, 11) is 0. The summed E-state index contributed by atoms with van der Waals surface area (Å²) in [6, 6.07) is 0.644. The van der Waals surface area contributed by atoms with Crippen molar-refractivity contribution >= 4 is 24.2 Å². The Labute approximate surface area is 163 Å². The lowest BCUT2D eigenvalue weighted by Crippen LogP contribution is -2.51. The van der Waals surface area contributed by atoms with E-state index in [4.69, 9.17) is 12.2 Å². The normalized spacial score (nSPS) is 28.3. The molecule has 1 heterocycles. The van der Waals surface area contributed by atoms with E-state index in [0.29, 0.717) is 4.77 Å². The number of hydrazine groups is 1. The van der Waals surface area contributed by atoms with Crippen LogP contribution in [0, 0.1) is 4.77 Å². The number of carbonyl (C=O) groups is 2. The molecule has 0 radical (unpaired) electrons. The van der Waals surface area contributed by atoms with Crippen LogP contribution in [0.3, 0.4) is 0 Å². The van der Waals surface area contributed by atoms with Crippen LogP contribution in [0.5, 0.6) is 0 Å². The molecule has 0 spiro atoms. The number of urea groups is 1. The van der Waals surface area contributed by atoms with Crippen molar-refractivity contribution in [1.82, 2.24) is 41.7 Å². The zero-order valence-electron chi connectivity index (χ0n) is 15.5. The molecule has 2 saturated carbocycles. The van der Waals surface area contributed by atoms with Gasteiger partial charge in [-0.3, -0.25) is 10.2 Å². The second kappa shape index (κ2) is 9.27. The van der Waals surface area contributed by atoms with Gasteiger partial charge in [-0.15, -0.1) is 0 Å². The van der Waals surface area contributed by atoms with Crippen LogP contribution in [-0.2, 0) is 4.79 Å². The Hall–Kier alpha value is -2.01. The van der Waals surface area contributed by atoms with Gasteiger partial charge < -0.3 is 10.6 Å². The van der Waals surface area contributed by atoms with Crippen LogP contribution >= 0.6 is 12.2 Å². The van der Waals surface area contributed by atoms with E-state index in [9.17, 15) is 9.59 Å². The summed E-state index contributed by atoms with van der Waals surface area (Å²) in [5, 5.41) is 16.6. The van der Waals surface area contributed by atoms with Crippen LogP contribution in [0.1, 0.15) is 64.3 Å². The fraction of sp³-hybridized carbons (Fsp3) is 0.812. The number of H-pyrrole nitrogens is 1. The third-order valence-electron chi connectivity index (χ3n) is 5.36. The van der Waals surface area contributed by atoms with Crippen LogP contribution in [-0.4, -0.2) is 50.3 Å². The number of aromatic nitrogens is 4. The average Bonchev–Trinajstić information content (AvgIpc) is 3.07. The zero-order chi connectivity index (χ0) is 19.2. The molecule has 1 aromatic heterocycles. The molecule has 0 saturated heterocycles. The summed E-state index contributed by atoms with van der Waals surface area (Å²) >= 11 is 5.17. The quantitative estimate of drug-likeness (QED) is 0.374. The molecule has 11 heteroatoms. The van der Waals surface area contributed by atoms with E-state index in [2.05, 4.69) is 37.0 Å². The number of rotatable bonds is 5. The van der Waals surface area contributed by atoms with Crippen molar-refractivity contribution in [1.29, 1.82) is 0 Å². The lowest BCUT2D eigenvalue weighted by Gasteiger charge is -2.32. The summed E-state index contributed by atoms with van der Waals surface area (Å²) in [6.07, 6.45) is 7.44. The minimum atomic E-state index is -0.106. The highest BCUT2D eigenvalue weighted by molar-refractivity contribution is 7.71. The Balaban J connectivity index is 1.40. The molecular weight excluding hydrogens is 368 g/mol. The lowest BCUT2D eigenvalue weighted by molar-refractivity contribution is -0.120. The third-order valence-corrected chi connectivity index (χ3v) is 5.63. The molecule has 10 nitrogen and oxygen atoms in total. The Kier molecular flexibility index (Phi) is 6.78. The summed E-state index contributed by atoms with van der Waals surface area (Å²) in [5.41, 5.74) is 5.67. The molecule has 2 atom stereocenters. The van der Waals surface area contributed by atoms with Crippen LogP contribution in [0.25, 0.3) is 0 Å². The van der Waals surface area contributed by atoms with E-state index in [0.717, 1.165) is 51.4 Å². The molecule has 2 aliphatic carbocycles. The number of carbonyl (C=O) groups excluding carboxylic acids is 2. The second-order valence-electron chi connectivity index (χ2n) is 7.46. The number of tetrazole rings is 1. The first-order valence-electron chi connectivity index (χ1n) is 9.60. The first-order chi connectivity index (χ1) is 13.0. The molecule has 0 aromatic carbocycles. The zero-order valence-corrected chi connectivity index (χ0v) is 16.3. The molecule has 2 aliphatic rings. The number of nitrogens with zero attached hydrogens (tertiary/aromatic N) is 3. The number of hydrogen-bond acceptors (Lipinski definition) is 6.